The molecule has 1 aliphatic rings. The molecule has 0 saturated carbocycles. The molecule has 0 radical (unpaired) electrons. The predicted molar refractivity (Wildman–Crippen MR) is 56.4 cm³/mol. The summed E-state index contributed by atoms with van der Waals surface area (Å²) in [6.45, 7) is 0. The average molecular weight is 200 g/mol. The fourth-order valence-electron chi connectivity index (χ4n) is 2.06. The van der Waals surface area contributed by atoms with Crippen LogP contribution in [-0.2, 0) is 12.8 Å². The standard InChI is InChI=1S/C12H12N2O/c1-2-4-10-9(3-1)5-6-11(14-10)12-7-13-8-15-12/h5-8H,1-4H2. The molecule has 0 fully saturated rings. The van der Waals surface area contributed by atoms with Crippen LogP contribution in [0, 0.1) is 0 Å². The molecule has 2 heterocycles. The summed E-state index contributed by atoms with van der Waals surface area (Å²) >= 11 is 0. The maximum Gasteiger partial charge on any atom is 0.181 e. The molecule has 2 aromatic heterocycles. The minimum atomic E-state index is 0.753. The monoisotopic (exact) mass is 200 g/mol. The van der Waals surface area contributed by atoms with Crippen LogP contribution in [0.25, 0.3) is 11.5 Å². The molecular weight excluding hydrogens is 188 g/mol. The highest BCUT2D eigenvalue weighted by molar-refractivity contribution is 5.51. The van der Waals surface area contributed by atoms with Gasteiger partial charge in [-0.05, 0) is 37.3 Å². The number of aromatic nitrogens is 2. The maximum atomic E-state index is 5.24. The third-order valence-electron chi connectivity index (χ3n) is 2.86. The van der Waals surface area contributed by atoms with Gasteiger partial charge in [0.15, 0.2) is 12.2 Å². The highest BCUT2D eigenvalue weighted by Crippen LogP contribution is 2.23. The van der Waals surface area contributed by atoms with Crippen molar-refractivity contribution in [2.45, 2.75) is 25.7 Å². The second kappa shape index (κ2) is 3.50. The number of oxazole rings is 1. The molecule has 2 aromatic rings. The fourth-order valence-corrected chi connectivity index (χ4v) is 2.06. The van der Waals surface area contributed by atoms with Crippen LogP contribution in [0.4, 0.5) is 0 Å². The first-order chi connectivity index (χ1) is 7.43. The molecule has 3 nitrogen and oxygen atoms in total. The first-order valence-electron chi connectivity index (χ1n) is 5.31. The number of pyridine rings is 1. The third kappa shape index (κ3) is 1.54. The minimum absolute atomic E-state index is 0.753. The molecule has 0 saturated heterocycles. The van der Waals surface area contributed by atoms with E-state index in [-0.39, 0.29) is 0 Å². The smallest absolute Gasteiger partial charge is 0.181 e. The van der Waals surface area contributed by atoms with Crippen molar-refractivity contribution in [1.29, 1.82) is 0 Å². The molecule has 0 unspecified atom stereocenters. The molecule has 1 aliphatic carbocycles. The molecule has 0 amide bonds. The number of aryl methyl sites for hydroxylation is 2. The lowest BCUT2D eigenvalue weighted by molar-refractivity contribution is 0.568. The molecule has 15 heavy (non-hydrogen) atoms. The Kier molecular flexibility index (Phi) is 2.02. The van der Waals surface area contributed by atoms with Gasteiger partial charge < -0.3 is 4.42 Å². The second-order valence-corrected chi connectivity index (χ2v) is 3.88. The summed E-state index contributed by atoms with van der Waals surface area (Å²) in [5, 5.41) is 0. The fraction of sp³-hybridized carbons (Fsp3) is 0.333. The zero-order valence-corrected chi connectivity index (χ0v) is 8.44. The Morgan fingerprint density at radius 1 is 1.13 bits per heavy atom. The van der Waals surface area contributed by atoms with Crippen LogP contribution >= 0.6 is 0 Å². The first kappa shape index (κ1) is 8.65. The Balaban J connectivity index is 2.04. The van der Waals surface area contributed by atoms with E-state index in [0.717, 1.165) is 17.9 Å². The highest BCUT2D eigenvalue weighted by Gasteiger charge is 2.12. The molecule has 0 spiro atoms. The van der Waals surface area contributed by atoms with E-state index in [2.05, 4.69) is 16.0 Å². The molecular formula is C12H12N2O. The number of fused-ring (bicyclic) bond motifs is 1. The van der Waals surface area contributed by atoms with Gasteiger partial charge >= 0.3 is 0 Å². The topological polar surface area (TPSA) is 38.9 Å². The van der Waals surface area contributed by atoms with Gasteiger partial charge in [-0.2, -0.15) is 0 Å². The van der Waals surface area contributed by atoms with Crippen molar-refractivity contribution in [2.24, 2.45) is 0 Å². The SMILES string of the molecule is c1ncc(-c2ccc3c(n2)CCCC3)o1. The van der Waals surface area contributed by atoms with Gasteiger partial charge in [0.2, 0.25) is 0 Å². The van der Waals surface area contributed by atoms with Crippen molar-refractivity contribution in [3.63, 3.8) is 0 Å². The van der Waals surface area contributed by atoms with Crippen LogP contribution in [-0.4, -0.2) is 9.97 Å². The van der Waals surface area contributed by atoms with E-state index in [9.17, 15) is 0 Å². The number of hydrogen-bond donors (Lipinski definition) is 0. The van der Waals surface area contributed by atoms with E-state index in [4.69, 9.17) is 4.42 Å². The van der Waals surface area contributed by atoms with Crippen molar-refractivity contribution < 1.29 is 4.42 Å². The lowest BCUT2D eigenvalue weighted by Gasteiger charge is -2.14. The van der Waals surface area contributed by atoms with Crippen LogP contribution in [0.1, 0.15) is 24.1 Å². The number of nitrogens with zero attached hydrogens (tertiary/aromatic N) is 2. The van der Waals surface area contributed by atoms with Gasteiger partial charge in [-0.25, -0.2) is 9.97 Å². The summed E-state index contributed by atoms with van der Waals surface area (Å²) < 4.78 is 5.24. The van der Waals surface area contributed by atoms with Gasteiger partial charge in [0.25, 0.3) is 0 Å². The van der Waals surface area contributed by atoms with Crippen molar-refractivity contribution in [3.05, 3.63) is 36.0 Å². The van der Waals surface area contributed by atoms with Crippen molar-refractivity contribution in [3.8, 4) is 11.5 Å². The van der Waals surface area contributed by atoms with Crippen molar-refractivity contribution in [2.75, 3.05) is 0 Å². The molecule has 3 heteroatoms. The first-order valence-corrected chi connectivity index (χ1v) is 5.31. The van der Waals surface area contributed by atoms with E-state index >= 15 is 0 Å². The van der Waals surface area contributed by atoms with E-state index < -0.39 is 0 Å². The Bertz CT molecular complexity index is 462. The summed E-state index contributed by atoms with van der Waals surface area (Å²) in [7, 11) is 0. The summed E-state index contributed by atoms with van der Waals surface area (Å²) in [6, 6.07) is 4.18. The molecule has 3 rings (SSSR count). The van der Waals surface area contributed by atoms with Crippen molar-refractivity contribution in [1.82, 2.24) is 9.97 Å². The van der Waals surface area contributed by atoms with E-state index in [1.54, 1.807) is 6.20 Å². The highest BCUT2D eigenvalue weighted by atomic mass is 16.3. The van der Waals surface area contributed by atoms with E-state index in [0.29, 0.717) is 0 Å². The molecule has 0 atom stereocenters. The van der Waals surface area contributed by atoms with Crippen LogP contribution < -0.4 is 0 Å². The molecule has 0 aromatic carbocycles. The Morgan fingerprint density at radius 2 is 2.07 bits per heavy atom. The van der Waals surface area contributed by atoms with Crippen LogP contribution in [0.5, 0.6) is 0 Å². The van der Waals surface area contributed by atoms with Gasteiger partial charge in [0, 0.05) is 5.69 Å². The lowest BCUT2D eigenvalue weighted by atomic mass is 9.96. The van der Waals surface area contributed by atoms with Gasteiger partial charge in [-0.15, -0.1) is 0 Å². The van der Waals surface area contributed by atoms with Crippen LogP contribution in [0.3, 0.4) is 0 Å². The summed E-state index contributed by atoms with van der Waals surface area (Å²) in [5.74, 6) is 0.753. The quantitative estimate of drug-likeness (QED) is 0.710. The Morgan fingerprint density at radius 3 is 2.93 bits per heavy atom. The normalized spacial score (nSPS) is 14.9. The van der Waals surface area contributed by atoms with E-state index in [1.165, 1.54) is 36.9 Å². The molecule has 0 bridgehead atoms. The summed E-state index contributed by atoms with van der Waals surface area (Å²) in [5.41, 5.74) is 3.52. The van der Waals surface area contributed by atoms with Gasteiger partial charge in [0.1, 0.15) is 5.69 Å². The third-order valence-corrected chi connectivity index (χ3v) is 2.86. The number of rotatable bonds is 1. The lowest BCUT2D eigenvalue weighted by Crippen LogP contribution is -2.05. The summed E-state index contributed by atoms with van der Waals surface area (Å²) in [4.78, 5) is 8.53. The second-order valence-electron chi connectivity index (χ2n) is 3.88. The minimum Gasteiger partial charge on any atom is -0.442 e. The predicted octanol–water partition coefficient (Wildman–Crippen LogP) is 2.62. The van der Waals surface area contributed by atoms with Crippen LogP contribution in [0.2, 0.25) is 0 Å². The van der Waals surface area contributed by atoms with Gasteiger partial charge in [-0.1, -0.05) is 6.07 Å². The molecule has 76 valence electrons. The van der Waals surface area contributed by atoms with Gasteiger partial charge in [-0.3, -0.25) is 0 Å². The van der Waals surface area contributed by atoms with E-state index in [1.807, 2.05) is 6.07 Å². The van der Waals surface area contributed by atoms with Crippen molar-refractivity contribution >= 4 is 0 Å². The molecule has 0 aliphatic heterocycles. The largest absolute Gasteiger partial charge is 0.442 e. The zero-order valence-electron chi connectivity index (χ0n) is 8.44. The Hall–Kier alpha value is -1.64. The van der Waals surface area contributed by atoms with Crippen LogP contribution in [0.15, 0.2) is 29.1 Å². The molecule has 0 N–H and O–H groups in total. The summed E-state index contributed by atoms with van der Waals surface area (Å²) in [6.07, 6.45) is 7.94. The number of hydrogen-bond acceptors (Lipinski definition) is 3. The Labute approximate surface area is 88.2 Å². The zero-order chi connectivity index (χ0) is 10.1. The van der Waals surface area contributed by atoms with Gasteiger partial charge in [0.05, 0.1) is 6.20 Å². The average Bonchev–Trinajstić information content (AvgIpc) is 2.82. The maximum absolute atomic E-state index is 5.24.